The minimum atomic E-state index is -3.18. The Morgan fingerprint density at radius 3 is 2.81 bits per heavy atom. The van der Waals surface area contributed by atoms with Crippen molar-refractivity contribution in [1.82, 2.24) is 14.3 Å². The van der Waals surface area contributed by atoms with Crippen LogP contribution in [0.15, 0.2) is 42.9 Å². The Hall–Kier alpha value is -1.99. The third-order valence-electron chi connectivity index (χ3n) is 5.39. The molecule has 0 unspecified atom stereocenters. The number of hydrogen-bond donors (Lipinski definition) is 0. The second-order valence-corrected chi connectivity index (χ2v) is 9.36. The van der Waals surface area contributed by atoms with Crippen molar-refractivity contribution < 1.29 is 8.42 Å². The van der Waals surface area contributed by atoms with Crippen LogP contribution in [0.25, 0.3) is 0 Å². The summed E-state index contributed by atoms with van der Waals surface area (Å²) in [5, 5.41) is 0. The molecule has 0 radical (unpaired) electrons. The average Bonchev–Trinajstić information content (AvgIpc) is 3.20. The van der Waals surface area contributed by atoms with Crippen molar-refractivity contribution in [3.8, 4) is 0 Å². The van der Waals surface area contributed by atoms with Crippen molar-refractivity contribution in [1.29, 1.82) is 0 Å². The monoisotopic (exact) mass is 372 g/mol. The van der Waals surface area contributed by atoms with E-state index in [1.807, 2.05) is 31.5 Å². The molecule has 2 aliphatic rings. The maximum Gasteiger partial charge on any atom is 0.214 e. The summed E-state index contributed by atoms with van der Waals surface area (Å²) in [5.74, 6) is 0.220. The van der Waals surface area contributed by atoms with Crippen molar-refractivity contribution in [2.75, 3.05) is 30.3 Å². The molecule has 6 nitrogen and oxygen atoms in total. The standard InChI is InChI=1S/C19H24N4O2S/c1-2-11-26(24,25)23-10-7-19(15-23)14-22(13-16-5-3-8-20-12-16)17-6-4-9-21-18(17)19/h3-6,8-9,12H,2,7,10-11,13-15H2,1H3/t19-/m1/s1. The molecular formula is C19H24N4O2S. The highest BCUT2D eigenvalue weighted by atomic mass is 32.2. The number of hydrogen-bond acceptors (Lipinski definition) is 5. The molecule has 4 heterocycles. The zero-order valence-corrected chi connectivity index (χ0v) is 15.8. The molecule has 1 fully saturated rings. The lowest BCUT2D eigenvalue weighted by Crippen LogP contribution is -2.39. The topological polar surface area (TPSA) is 66.4 Å². The van der Waals surface area contributed by atoms with E-state index in [4.69, 9.17) is 0 Å². The molecule has 7 heteroatoms. The fourth-order valence-corrected chi connectivity index (χ4v) is 5.81. The first-order valence-corrected chi connectivity index (χ1v) is 10.7. The highest BCUT2D eigenvalue weighted by Gasteiger charge is 2.50. The second kappa shape index (κ2) is 6.63. The molecule has 0 bridgehead atoms. The van der Waals surface area contributed by atoms with Crippen LogP contribution in [0.1, 0.15) is 31.0 Å². The van der Waals surface area contributed by atoms with Gasteiger partial charge in [0, 0.05) is 50.2 Å². The largest absolute Gasteiger partial charge is 0.365 e. The number of fused-ring (bicyclic) bond motifs is 2. The molecule has 1 spiro atoms. The molecule has 0 N–H and O–H groups in total. The number of sulfonamides is 1. The molecule has 1 saturated heterocycles. The number of nitrogens with zero attached hydrogens (tertiary/aromatic N) is 4. The summed E-state index contributed by atoms with van der Waals surface area (Å²) >= 11 is 0. The van der Waals surface area contributed by atoms with Crippen LogP contribution in [0, 0.1) is 0 Å². The lowest BCUT2D eigenvalue weighted by Gasteiger charge is -2.25. The van der Waals surface area contributed by atoms with Crippen molar-refractivity contribution in [2.45, 2.75) is 31.7 Å². The van der Waals surface area contributed by atoms with Crippen LogP contribution in [0.4, 0.5) is 5.69 Å². The van der Waals surface area contributed by atoms with Crippen LogP contribution >= 0.6 is 0 Å². The van der Waals surface area contributed by atoms with E-state index in [0.29, 0.717) is 19.5 Å². The molecular weight excluding hydrogens is 348 g/mol. The zero-order chi connectivity index (χ0) is 18.2. The van der Waals surface area contributed by atoms with Crippen LogP contribution < -0.4 is 4.90 Å². The first-order valence-electron chi connectivity index (χ1n) is 9.11. The van der Waals surface area contributed by atoms with Gasteiger partial charge in [0.25, 0.3) is 0 Å². The average molecular weight is 372 g/mol. The molecule has 4 rings (SSSR count). The number of pyridine rings is 2. The first-order chi connectivity index (χ1) is 12.5. The van der Waals surface area contributed by atoms with Gasteiger partial charge in [0.15, 0.2) is 0 Å². The summed E-state index contributed by atoms with van der Waals surface area (Å²) < 4.78 is 26.8. The normalized spacial score (nSPS) is 22.9. The third kappa shape index (κ3) is 2.99. The van der Waals surface area contributed by atoms with E-state index < -0.39 is 10.0 Å². The molecule has 0 saturated carbocycles. The zero-order valence-electron chi connectivity index (χ0n) is 15.0. The lowest BCUT2D eigenvalue weighted by atomic mass is 9.85. The van der Waals surface area contributed by atoms with E-state index in [1.165, 1.54) is 0 Å². The molecule has 0 amide bonds. The van der Waals surface area contributed by atoms with Gasteiger partial charge in [-0.25, -0.2) is 12.7 Å². The molecule has 138 valence electrons. The molecule has 2 aliphatic heterocycles. The number of aromatic nitrogens is 2. The minimum Gasteiger partial charge on any atom is -0.365 e. The predicted molar refractivity (Wildman–Crippen MR) is 101 cm³/mol. The Morgan fingerprint density at radius 1 is 1.19 bits per heavy atom. The van der Waals surface area contributed by atoms with Gasteiger partial charge in [0.1, 0.15) is 0 Å². The smallest absolute Gasteiger partial charge is 0.214 e. The van der Waals surface area contributed by atoms with Crippen LogP contribution in [-0.2, 0) is 22.0 Å². The lowest BCUT2D eigenvalue weighted by molar-refractivity contribution is 0.424. The van der Waals surface area contributed by atoms with E-state index >= 15 is 0 Å². The van der Waals surface area contributed by atoms with Gasteiger partial charge >= 0.3 is 0 Å². The van der Waals surface area contributed by atoms with Gasteiger partial charge in [-0.05, 0) is 36.6 Å². The van der Waals surface area contributed by atoms with E-state index in [1.54, 1.807) is 10.5 Å². The van der Waals surface area contributed by atoms with Crippen molar-refractivity contribution in [3.05, 3.63) is 54.1 Å². The Kier molecular flexibility index (Phi) is 4.44. The first kappa shape index (κ1) is 17.4. The van der Waals surface area contributed by atoms with Crippen LogP contribution in [0.3, 0.4) is 0 Å². The third-order valence-corrected chi connectivity index (χ3v) is 7.42. The van der Waals surface area contributed by atoms with Crippen molar-refractivity contribution >= 4 is 15.7 Å². The van der Waals surface area contributed by atoms with E-state index in [0.717, 1.165) is 36.5 Å². The Labute approximate surface area is 154 Å². The molecule has 0 aromatic carbocycles. The summed E-state index contributed by atoms with van der Waals surface area (Å²) in [6.45, 7) is 4.58. The Bertz CT molecular complexity index is 887. The molecule has 0 aliphatic carbocycles. The highest BCUT2D eigenvalue weighted by Crippen LogP contribution is 2.46. The van der Waals surface area contributed by atoms with Gasteiger partial charge in [-0.15, -0.1) is 0 Å². The van der Waals surface area contributed by atoms with Crippen LogP contribution in [-0.4, -0.2) is 48.1 Å². The minimum absolute atomic E-state index is 0.209. The van der Waals surface area contributed by atoms with Gasteiger partial charge in [0.05, 0.1) is 17.1 Å². The maximum absolute atomic E-state index is 12.5. The highest BCUT2D eigenvalue weighted by molar-refractivity contribution is 7.89. The van der Waals surface area contributed by atoms with Gasteiger partial charge in [-0.3, -0.25) is 9.97 Å². The van der Waals surface area contributed by atoms with Crippen LogP contribution in [0.5, 0.6) is 0 Å². The van der Waals surface area contributed by atoms with Gasteiger partial charge in [-0.2, -0.15) is 0 Å². The fraction of sp³-hybridized carbons (Fsp3) is 0.474. The van der Waals surface area contributed by atoms with Gasteiger partial charge < -0.3 is 4.90 Å². The van der Waals surface area contributed by atoms with Gasteiger partial charge in [0.2, 0.25) is 10.0 Å². The molecule has 2 aromatic heterocycles. The molecule has 1 atom stereocenters. The van der Waals surface area contributed by atoms with Crippen LogP contribution in [0.2, 0.25) is 0 Å². The SMILES string of the molecule is CCCS(=O)(=O)N1CC[C@@]2(CN(Cc3cccnc3)c3cccnc32)C1. The molecule has 2 aromatic rings. The fourth-order valence-electron chi connectivity index (χ4n) is 4.22. The maximum atomic E-state index is 12.5. The number of rotatable bonds is 5. The second-order valence-electron chi connectivity index (χ2n) is 7.27. The van der Waals surface area contributed by atoms with Crippen molar-refractivity contribution in [3.63, 3.8) is 0 Å². The summed E-state index contributed by atoms with van der Waals surface area (Å²) in [6, 6.07) is 8.06. The van der Waals surface area contributed by atoms with E-state index in [2.05, 4.69) is 27.0 Å². The summed E-state index contributed by atoms with van der Waals surface area (Å²) in [6.07, 6.45) is 6.94. The molecule has 26 heavy (non-hydrogen) atoms. The van der Waals surface area contributed by atoms with E-state index in [9.17, 15) is 8.42 Å². The van der Waals surface area contributed by atoms with Gasteiger partial charge in [-0.1, -0.05) is 13.0 Å². The van der Waals surface area contributed by atoms with Crippen molar-refractivity contribution in [2.24, 2.45) is 0 Å². The quantitative estimate of drug-likeness (QED) is 0.805. The van der Waals surface area contributed by atoms with E-state index in [-0.39, 0.29) is 11.2 Å². The summed E-state index contributed by atoms with van der Waals surface area (Å²) in [5.41, 5.74) is 3.09. The summed E-state index contributed by atoms with van der Waals surface area (Å²) in [4.78, 5) is 11.2. The number of anilines is 1. The summed E-state index contributed by atoms with van der Waals surface area (Å²) in [7, 11) is -3.18. The predicted octanol–water partition coefficient (Wildman–Crippen LogP) is 2.18. The Morgan fingerprint density at radius 2 is 2.04 bits per heavy atom. The Balaban J connectivity index is 1.63.